The minimum Gasteiger partial charge on any atom is -0.467 e. The molecule has 0 fully saturated rings. The van der Waals surface area contributed by atoms with Gasteiger partial charge in [0.1, 0.15) is 5.65 Å². The van der Waals surface area contributed by atoms with E-state index in [1.165, 1.54) is 19.5 Å². The number of aromatic nitrogens is 4. The molecule has 0 saturated heterocycles. The Labute approximate surface area is 226 Å². The van der Waals surface area contributed by atoms with Crippen LogP contribution in [0.3, 0.4) is 0 Å². The Morgan fingerprint density at radius 3 is 2.34 bits per heavy atom. The molecule has 0 bridgehead atoms. The van der Waals surface area contributed by atoms with Gasteiger partial charge in [-0.15, -0.1) is 0 Å². The van der Waals surface area contributed by atoms with Gasteiger partial charge in [-0.3, -0.25) is 0 Å². The number of hydrogen-bond acceptors (Lipinski definition) is 6. The van der Waals surface area contributed by atoms with E-state index in [0.717, 1.165) is 32.5 Å². The van der Waals surface area contributed by atoms with E-state index in [2.05, 4.69) is 5.10 Å². The molecule has 1 atom stereocenters. The third kappa shape index (κ3) is 5.16. The maximum absolute atomic E-state index is 13.1. The van der Waals surface area contributed by atoms with Crippen molar-refractivity contribution in [1.29, 1.82) is 0 Å². The van der Waals surface area contributed by atoms with E-state index in [-0.39, 0.29) is 0 Å². The molecule has 4 aromatic rings. The topological polar surface area (TPSA) is 108 Å². The van der Waals surface area contributed by atoms with Gasteiger partial charge in [0.15, 0.2) is 6.10 Å². The lowest BCUT2D eigenvalue weighted by Crippen LogP contribution is -2.29. The minimum atomic E-state index is -1.15. The molecule has 1 aromatic carbocycles. The zero-order chi connectivity index (χ0) is 27.9. The van der Waals surface area contributed by atoms with Gasteiger partial charge in [0.25, 0.3) is 0 Å². The highest BCUT2D eigenvalue weighted by molar-refractivity contribution is 6.30. The second kappa shape index (κ2) is 10.2. The summed E-state index contributed by atoms with van der Waals surface area (Å²) in [6.45, 7) is 11.9. The normalized spacial score (nSPS) is 12.6. The van der Waals surface area contributed by atoms with Crippen LogP contribution in [0.15, 0.2) is 36.7 Å². The van der Waals surface area contributed by atoms with Crippen molar-refractivity contribution in [3.05, 3.63) is 69.8 Å². The van der Waals surface area contributed by atoms with Crippen LogP contribution >= 0.6 is 11.6 Å². The monoisotopic (exact) mass is 538 g/mol. The Bertz CT molecular complexity index is 1530. The highest BCUT2D eigenvalue weighted by atomic mass is 35.5. The van der Waals surface area contributed by atoms with E-state index < -0.39 is 23.8 Å². The average molecular weight is 539 g/mol. The molecular formula is C28H31ClN4O5. The van der Waals surface area contributed by atoms with Crippen LogP contribution in [0.4, 0.5) is 4.79 Å². The molecule has 10 heteroatoms. The highest BCUT2D eigenvalue weighted by Gasteiger charge is 2.34. The smallest absolute Gasteiger partial charge is 0.432 e. The summed E-state index contributed by atoms with van der Waals surface area (Å²) in [7, 11) is 1.34. The van der Waals surface area contributed by atoms with E-state index in [9.17, 15) is 14.7 Å². The van der Waals surface area contributed by atoms with E-state index in [1.807, 2.05) is 58.2 Å². The summed E-state index contributed by atoms with van der Waals surface area (Å²) >= 11 is 6.22. The number of nitrogens with zero attached hydrogens (tertiary/aromatic N) is 4. The lowest BCUT2D eigenvalue weighted by molar-refractivity contribution is -0.164. The minimum absolute atomic E-state index is 0.369. The van der Waals surface area contributed by atoms with Crippen molar-refractivity contribution in [3.8, 4) is 11.1 Å². The maximum atomic E-state index is 13.1. The second-order valence-corrected chi connectivity index (χ2v) is 10.6. The Morgan fingerprint density at radius 1 is 1.13 bits per heavy atom. The third-order valence-electron chi connectivity index (χ3n) is 6.44. The largest absolute Gasteiger partial charge is 0.467 e. The van der Waals surface area contributed by atoms with Gasteiger partial charge in [-0.25, -0.2) is 14.6 Å². The van der Waals surface area contributed by atoms with Crippen molar-refractivity contribution in [3.63, 3.8) is 0 Å². The molecule has 0 aliphatic rings. The van der Waals surface area contributed by atoms with Gasteiger partial charge in [-0.1, -0.05) is 23.7 Å². The number of carboxylic acid groups (broad SMARTS) is 1. The number of aryl methyl sites for hydroxylation is 2. The Balaban J connectivity index is 2.05. The Hall–Kier alpha value is -3.69. The van der Waals surface area contributed by atoms with Gasteiger partial charge in [0, 0.05) is 44.7 Å². The molecule has 4 rings (SSSR count). The van der Waals surface area contributed by atoms with Crippen molar-refractivity contribution >= 4 is 34.7 Å². The van der Waals surface area contributed by atoms with Crippen molar-refractivity contribution in [1.82, 2.24) is 19.3 Å². The fourth-order valence-electron chi connectivity index (χ4n) is 4.64. The first-order chi connectivity index (χ1) is 17.8. The number of carbonyl (C=O) groups excluding carboxylic acids is 1. The van der Waals surface area contributed by atoms with Gasteiger partial charge >= 0.3 is 12.1 Å². The summed E-state index contributed by atoms with van der Waals surface area (Å²) in [5, 5.41) is 14.6. The maximum Gasteiger partial charge on any atom is 0.432 e. The standard InChI is InChI=1S/C28H31ClN4O5/c1-15-17(3)32(13-18-12-30-33(14-18)27(35)36)25-21(15)23(19-8-10-20(29)11-9-19)22(16(2)31-25)24(26(34)37-7)38-28(4,5)6/h8-12,14,24H,13H2,1-7H3,(H,35,36). The van der Waals surface area contributed by atoms with Crippen LogP contribution in [0.5, 0.6) is 0 Å². The fourth-order valence-corrected chi connectivity index (χ4v) is 4.77. The predicted octanol–water partition coefficient (Wildman–Crippen LogP) is 6.08. The Kier molecular flexibility index (Phi) is 7.36. The van der Waals surface area contributed by atoms with E-state index in [0.29, 0.717) is 34.0 Å². The molecule has 3 aromatic heterocycles. The van der Waals surface area contributed by atoms with Crippen molar-refractivity contribution < 1.29 is 24.2 Å². The van der Waals surface area contributed by atoms with Gasteiger partial charge < -0.3 is 19.1 Å². The molecule has 1 N–H and O–H groups in total. The highest BCUT2D eigenvalue weighted by Crippen LogP contribution is 2.42. The number of hydrogen-bond donors (Lipinski definition) is 1. The van der Waals surface area contributed by atoms with E-state index in [4.69, 9.17) is 26.1 Å². The number of ether oxygens (including phenoxy) is 2. The van der Waals surface area contributed by atoms with Gasteiger partial charge in [0.2, 0.25) is 0 Å². The SMILES string of the molecule is COC(=O)C(OC(C)(C)C)c1c(C)nc2c(c(C)c(C)n2Cc2cnn(C(=O)O)c2)c1-c1ccc(Cl)cc1. The third-order valence-corrected chi connectivity index (χ3v) is 6.69. The van der Waals surface area contributed by atoms with Crippen molar-refractivity contribution in [2.24, 2.45) is 0 Å². The number of halogens is 1. The molecular weight excluding hydrogens is 508 g/mol. The number of carbonyl (C=O) groups is 2. The fraction of sp³-hybridized carbons (Fsp3) is 0.357. The number of esters is 1. The van der Waals surface area contributed by atoms with Crippen LogP contribution in [0, 0.1) is 20.8 Å². The summed E-state index contributed by atoms with van der Waals surface area (Å²) in [6, 6.07) is 7.43. The summed E-state index contributed by atoms with van der Waals surface area (Å²) in [5.74, 6) is -0.519. The molecule has 1 unspecified atom stereocenters. The molecule has 9 nitrogen and oxygen atoms in total. The summed E-state index contributed by atoms with van der Waals surface area (Å²) < 4.78 is 14.4. The van der Waals surface area contributed by atoms with Crippen LogP contribution in [0.2, 0.25) is 5.02 Å². The molecule has 0 radical (unpaired) electrons. The molecule has 200 valence electrons. The number of fused-ring (bicyclic) bond motifs is 1. The number of methoxy groups -OCH3 is 1. The first kappa shape index (κ1) is 27.3. The van der Waals surface area contributed by atoms with Crippen LogP contribution < -0.4 is 0 Å². The molecule has 0 aliphatic heterocycles. The summed E-state index contributed by atoms with van der Waals surface area (Å²) in [5.41, 5.74) is 5.61. The quantitative estimate of drug-likeness (QED) is 0.296. The number of rotatable bonds is 6. The van der Waals surface area contributed by atoms with Gasteiger partial charge in [-0.2, -0.15) is 9.78 Å². The van der Waals surface area contributed by atoms with Crippen molar-refractivity contribution in [2.45, 2.75) is 59.8 Å². The number of pyridine rings is 1. The lowest BCUT2D eigenvalue weighted by Gasteiger charge is -2.28. The van der Waals surface area contributed by atoms with Gasteiger partial charge in [0.05, 0.1) is 25.5 Å². The zero-order valence-corrected chi connectivity index (χ0v) is 23.3. The zero-order valence-electron chi connectivity index (χ0n) is 22.5. The Morgan fingerprint density at radius 2 is 1.79 bits per heavy atom. The molecule has 0 spiro atoms. The lowest BCUT2D eigenvalue weighted by atomic mass is 9.91. The molecule has 3 heterocycles. The first-order valence-corrected chi connectivity index (χ1v) is 12.5. The average Bonchev–Trinajstić information content (AvgIpc) is 3.41. The predicted molar refractivity (Wildman–Crippen MR) is 145 cm³/mol. The second-order valence-electron chi connectivity index (χ2n) is 10.2. The van der Waals surface area contributed by atoms with Crippen LogP contribution in [0.1, 0.15) is 55.0 Å². The van der Waals surface area contributed by atoms with E-state index in [1.54, 1.807) is 12.1 Å². The molecule has 38 heavy (non-hydrogen) atoms. The van der Waals surface area contributed by atoms with Crippen LogP contribution in [0.25, 0.3) is 22.2 Å². The van der Waals surface area contributed by atoms with Crippen molar-refractivity contribution in [2.75, 3.05) is 7.11 Å². The molecule has 0 aliphatic carbocycles. The summed E-state index contributed by atoms with van der Waals surface area (Å²) in [4.78, 5) is 29.4. The van der Waals surface area contributed by atoms with E-state index >= 15 is 0 Å². The summed E-state index contributed by atoms with van der Waals surface area (Å²) in [6.07, 6.45) is 0.840. The molecule has 0 saturated carbocycles. The number of benzene rings is 1. The van der Waals surface area contributed by atoms with Gasteiger partial charge in [-0.05, 0) is 64.8 Å². The first-order valence-electron chi connectivity index (χ1n) is 12.1. The van der Waals surface area contributed by atoms with Crippen LogP contribution in [-0.2, 0) is 20.8 Å². The van der Waals surface area contributed by atoms with Crippen LogP contribution in [-0.4, -0.2) is 49.2 Å². The molecule has 0 amide bonds.